The minimum absolute atomic E-state index is 0.0227. The third-order valence-electron chi connectivity index (χ3n) is 3.07. The van der Waals surface area contributed by atoms with Crippen LogP contribution in [0, 0.1) is 0 Å². The predicted octanol–water partition coefficient (Wildman–Crippen LogP) is 3.06. The first-order chi connectivity index (χ1) is 8.72. The average Bonchev–Trinajstić information content (AvgIpc) is 2.41. The van der Waals surface area contributed by atoms with Crippen LogP contribution in [0.2, 0.25) is 0 Å². The number of amides is 1. The van der Waals surface area contributed by atoms with E-state index < -0.39 is 0 Å². The van der Waals surface area contributed by atoms with Crippen LogP contribution in [0.5, 0.6) is 0 Å². The number of benzene rings is 1. The van der Waals surface area contributed by atoms with Gasteiger partial charge in [-0.25, -0.2) is 0 Å². The van der Waals surface area contributed by atoms with E-state index in [1.807, 2.05) is 24.3 Å². The van der Waals surface area contributed by atoms with E-state index in [1.165, 1.54) is 5.69 Å². The van der Waals surface area contributed by atoms with E-state index >= 15 is 0 Å². The molecule has 18 heavy (non-hydrogen) atoms. The van der Waals surface area contributed by atoms with Crippen LogP contribution < -0.4 is 10.2 Å². The lowest BCUT2D eigenvalue weighted by Crippen LogP contribution is -2.25. The van der Waals surface area contributed by atoms with Gasteiger partial charge < -0.3 is 10.2 Å². The number of hydrogen-bond acceptors (Lipinski definition) is 2. The van der Waals surface area contributed by atoms with E-state index in [9.17, 15) is 4.79 Å². The van der Waals surface area contributed by atoms with Crippen LogP contribution in [0.3, 0.4) is 0 Å². The van der Waals surface area contributed by atoms with Gasteiger partial charge in [0.2, 0.25) is 0 Å². The van der Waals surface area contributed by atoms with E-state index in [0.717, 1.165) is 38.0 Å². The topological polar surface area (TPSA) is 32.3 Å². The van der Waals surface area contributed by atoms with Gasteiger partial charge in [-0.1, -0.05) is 13.3 Å². The van der Waals surface area contributed by atoms with Crippen molar-refractivity contribution >= 4 is 11.6 Å². The molecular formula is C15H24N2O. The Morgan fingerprint density at radius 1 is 1.11 bits per heavy atom. The average molecular weight is 248 g/mol. The number of unbranched alkanes of at least 4 members (excludes halogenated alkanes) is 1. The SMILES string of the molecule is CCCCNC(=O)c1ccc(N(CC)CC)cc1. The highest BCUT2D eigenvalue weighted by atomic mass is 16.1. The van der Waals surface area contributed by atoms with Crippen molar-refractivity contribution in [1.29, 1.82) is 0 Å². The zero-order valence-corrected chi connectivity index (χ0v) is 11.7. The Labute approximate surface area is 110 Å². The number of nitrogens with zero attached hydrogens (tertiary/aromatic N) is 1. The zero-order chi connectivity index (χ0) is 13.4. The summed E-state index contributed by atoms with van der Waals surface area (Å²) in [6, 6.07) is 7.83. The van der Waals surface area contributed by atoms with Gasteiger partial charge in [-0.2, -0.15) is 0 Å². The second-order valence-corrected chi connectivity index (χ2v) is 4.33. The predicted molar refractivity (Wildman–Crippen MR) is 77.2 cm³/mol. The van der Waals surface area contributed by atoms with Gasteiger partial charge in [0.05, 0.1) is 0 Å². The Kier molecular flexibility index (Phi) is 6.26. The van der Waals surface area contributed by atoms with E-state index in [1.54, 1.807) is 0 Å². The van der Waals surface area contributed by atoms with Gasteiger partial charge in [-0.15, -0.1) is 0 Å². The van der Waals surface area contributed by atoms with Gasteiger partial charge in [-0.3, -0.25) is 4.79 Å². The molecule has 0 saturated carbocycles. The van der Waals surface area contributed by atoms with Crippen LogP contribution in [0.4, 0.5) is 5.69 Å². The van der Waals surface area contributed by atoms with Crippen LogP contribution in [-0.2, 0) is 0 Å². The van der Waals surface area contributed by atoms with Crippen molar-refractivity contribution in [1.82, 2.24) is 5.32 Å². The summed E-state index contributed by atoms with van der Waals surface area (Å²) in [6.07, 6.45) is 2.13. The summed E-state index contributed by atoms with van der Waals surface area (Å²) in [5.41, 5.74) is 1.91. The van der Waals surface area contributed by atoms with Crippen LogP contribution >= 0.6 is 0 Å². The summed E-state index contributed by atoms with van der Waals surface area (Å²) in [5.74, 6) is 0.0227. The van der Waals surface area contributed by atoms with Crippen LogP contribution in [0.15, 0.2) is 24.3 Å². The van der Waals surface area contributed by atoms with Gasteiger partial charge in [-0.05, 0) is 44.5 Å². The van der Waals surface area contributed by atoms with Crippen LogP contribution in [-0.4, -0.2) is 25.5 Å². The van der Waals surface area contributed by atoms with Gasteiger partial charge in [0, 0.05) is 30.9 Å². The monoisotopic (exact) mass is 248 g/mol. The quantitative estimate of drug-likeness (QED) is 0.752. The Bertz CT molecular complexity index is 355. The van der Waals surface area contributed by atoms with Crippen molar-refractivity contribution < 1.29 is 4.79 Å². The zero-order valence-electron chi connectivity index (χ0n) is 11.7. The molecule has 1 N–H and O–H groups in total. The van der Waals surface area contributed by atoms with Crippen LogP contribution in [0.25, 0.3) is 0 Å². The molecular weight excluding hydrogens is 224 g/mol. The van der Waals surface area contributed by atoms with Crippen molar-refractivity contribution in [2.24, 2.45) is 0 Å². The Balaban J connectivity index is 2.61. The molecule has 0 spiro atoms. The molecule has 100 valence electrons. The molecule has 0 heterocycles. The summed E-state index contributed by atoms with van der Waals surface area (Å²) in [4.78, 5) is 14.1. The normalized spacial score (nSPS) is 10.2. The summed E-state index contributed by atoms with van der Waals surface area (Å²) in [7, 11) is 0. The molecule has 0 saturated heterocycles. The van der Waals surface area contributed by atoms with Crippen molar-refractivity contribution in [3.8, 4) is 0 Å². The fourth-order valence-electron chi connectivity index (χ4n) is 1.89. The maximum atomic E-state index is 11.8. The molecule has 0 aliphatic carbocycles. The maximum Gasteiger partial charge on any atom is 0.251 e. The second kappa shape index (κ2) is 7.75. The van der Waals surface area contributed by atoms with E-state index in [2.05, 4.69) is 31.0 Å². The Hall–Kier alpha value is -1.51. The van der Waals surface area contributed by atoms with Gasteiger partial charge in [0.25, 0.3) is 5.91 Å². The molecule has 3 nitrogen and oxygen atoms in total. The van der Waals surface area contributed by atoms with Crippen molar-refractivity contribution in [2.75, 3.05) is 24.5 Å². The van der Waals surface area contributed by atoms with E-state index in [0.29, 0.717) is 0 Å². The fourth-order valence-corrected chi connectivity index (χ4v) is 1.89. The number of rotatable bonds is 7. The highest BCUT2D eigenvalue weighted by Crippen LogP contribution is 2.14. The third-order valence-corrected chi connectivity index (χ3v) is 3.07. The lowest BCUT2D eigenvalue weighted by atomic mass is 10.1. The standard InChI is InChI=1S/C15H24N2O/c1-4-7-12-16-15(18)13-8-10-14(11-9-13)17(5-2)6-3/h8-11H,4-7,12H2,1-3H3,(H,16,18). The summed E-state index contributed by atoms with van der Waals surface area (Å²) < 4.78 is 0. The molecule has 0 unspecified atom stereocenters. The number of carbonyl (C=O) groups is 1. The molecule has 0 aliphatic rings. The molecule has 0 atom stereocenters. The Morgan fingerprint density at radius 2 is 1.72 bits per heavy atom. The highest BCUT2D eigenvalue weighted by Gasteiger charge is 2.06. The largest absolute Gasteiger partial charge is 0.372 e. The van der Waals surface area contributed by atoms with Crippen molar-refractivity contribution in [3.05, 3.63) is 29.8 Å². The molecule has 3 heteroatoms. The first-order valence-corrected chi connectivity index (χ1v) is 6.86. The molecule has 0 aromatic heterocycles. The van der Waals surface area contributed by atoms with E-state index in [4.69, 9.17) is 0 Å². The fraction of sp³-hybridized carbons (Fsp3) is 0.533. The van der Waals surface area contributed by atoms with E-state index in [-0.39, 0.29) is 5.91 Å². The van der Waals surface area contributed by atoms with Crippen LogP contribution in [0.1, 0.15) is 44.0 Å². The van der Waals surface area contributed by atoms with Gasteiger partial charge in [0.15, 0.2) is 0 Å². The minimum Gasteiger partial charge on any atom is -0.372 e. The number of hydrogen-bond donors (Lipinski definition) is 1. The summed E-state index contributed by atoms with van der Waals surface area (Å²) in [6.45, 7) is 9.11. The summed E-state index contributed by atoms with van der Waals surface area (Å²) in [5, 5.41) is 2.92. The first kappa shape index (κ1) is 14.6. The molecule has 0 radical (unpaired) electrons. The smallest absolute Gasteiger partial charge is 0.251 e. The molecule has 1 rings (SSSR count). The summed E-state index contributed by atoms with van der Waals surface area (Å²) >= 11 is 0. The molecule has 0 fully saturated rings. The number of carbonyl (C=O) groups excluding carboxylic acids is 1. The third kappa shape index (κ3) is 4.06. The van der Waals surface area contributed by atoms with Crippen molar-refractivity contribution in [2.45, 2.75) is 33.6 Å². The second-order valence-electron chi connectivity index (χ2n) is 4.33. The molecule has 1 amide bonds. The molecule has 0 aliphatic heterocycles. The molecule has 1 aromatic carbocycles. The molecule has 0 bridgehead atoms. The lowest BCUT2D eigenvalue weighted by molar-refractivity contribution is 0.0953. The minimum atomic E-state index is 0.0227. The number of nitrogens with one attached hydrogen (secondary N) is 1. The molecule has 1 aromatic rings. The van der Waals surface area contributed by atoms with Gasteiger partial charge >= 0.3 is 0 Å². The van der Waals surface area contributed by atoms with Gasteiger partial charge in [0.1, 0.15) is 0 Å². The van der Waals surface area contributed by atoms with Crippen molar-refractivity contribution in [3.63, 3.8) is 0 Å². The Morgan fingerprint density at radius 3 is 2.22 bits per heavy atom. The number of anilines is 1. The highest BCUT2D eigenvalue weighted by molar-refractivity contribution is 5.94. The maximum absolute atomic E-state index is 11.8. The lowest BCUT2D eigenvalue weighted by Gasteiger charge is -2.21. The first-order valence-electron chi connectivity index (χ1n) is 6.86.